The van der Waals surface area contributed by atoms with Crippen LogP contribution in [-0.2, 0) is 4.74 Å². The van der Waals surface area contributed by atoms with Gasteiger partial charge in [0.25, 0.3) is 5.91 Å². The number of ether oxygens (including phenoxy) is 2. The molecule has 7 nitrogen and oxygen atoms in total. The van der Waals surface area contributed by atoms with Crippen molar-refractivity contribution in [3.63, 3.8) is 0 Å². The first-order chi connectivity index (χ1) is 12.2. The third-order valence-corrected chi connectivity index (χ3v) is 4.10. The molecule has 0 spiro atoms. The van der Waals surface area contributed by atoms with Gasteiger partial charge in [-0.25, -0.2) is 4.79 Å². The summed E-state index contributed by atoms with van der Waals surface area (Å²) in [6, 6.07) is 4.82. The number of carbonyl (C=O) groups is 3. The number of methoxy groups -OCH3 is 1. The van der Waals surface area contributed by atoms with E-state index >= 15 is 0 Å². The molecule has 0 unspecified atom stereocenters. The van der Waals surface area contributed by atoms with Crippen molar-refractivity contribution >= 4 is 18.3 Å². The van der Waals surface area contributed by atoms with Crippen molar-refractivity contribution in [3.8, 4) is 5.75 Å². The lowest BCUT2D eigenvalue weighted by Crippen LogP contribution is -2.47. The van der Waals surface area contributed by atoms with Crippen LogP contribution < -0.4 is 10.1 Å². The molecule has 0 aliphatic carbocycles. The Kier molecular flexibility index (Phi) is 6.23. The number of nitrogens with one attached hydrogen (secondary N) is 1. The van der Waals surface area contributed by atoms with Gasteiger partial charge >= 0.3 is 6.09 Å². The van der Waals surface area contributed by atoms with Crippen molar-refractivity contribution in [3.05, 3.63) is 29.3 Å². The molecule has 0 radical (unpaired) electrons. The first-order valence-corrected chi connectivity index (χ1v) is 8.66. The number of para-hydroxylation sites is 1. The number of aldehydes is 1. The molecule has 1 aliphatic rings. The number of rotatable bonds is 4. The van der Waals surface area contributed by atoms with Gasteiger partial charge in [0.15, 0.2) is 6.29 Å². The number of benzene rings is 1. The third kappa shape index (κ3) is 4.97. The molecule has 1 heterocycles. The van der Waals surface area contributed by atoms with Crippen molar-refractivity contribution in [2.75, 3.05) is 20.2 Å². The molecular weight excluding hydrogens is 336 g/mol. The molecule has 7 heteroatoms. The Hall–Kier alpha value is -2.57. The van der Waals surface area contributed by atoms with Crippen LogP contribution in [0.1, 0.15) is 54.3 Å². The van der Waals surface area contributed by atoms with Crippen molar-refractivity contribution in [1.82, 2.24) is 10.2 Å². The minimum absolute atomic E-state index is 0.0502. The monoisotopic (exact) mass is 362 g/mol. The van der Waals surface area contributed by atoms with Gasteiger partial charge in [-0.2, -0.15) is 0 Å². The molecule has 1 aliphatic heterocycles. The van der Waals surface area contributed by atoms with Crippen LogP contribution in [-0.4, -0.2) is 55.0 Å². The van der Waals surface area contributed by atoms with Crippen molar-refractivity contribution in [2.24, 2.45) is 0 Å². The number of nitrogens with zero attached hydrogens (tertiary/aromatic N) is 1. The maximum Gasteiger partial charge on any atom is 0.410 e. The molecule has 1 fully saturated rings. The van der Waals surface area contributed by atoms with E-state index in [-0.39, 0.29) is 23.8 Å². The van der Waals surface area contributed by atoms with Gasteiger partial charge in [0.1, 0.15) is 11.4 Å². The van der Waals surface area contributed by atoms with Crippen molar-refractivity contribution in [1.29, 1.82) is 0 Å². The molecule has 1 saturated heterocycles. The van der Waals surface area contributed by atoms with Crippen LogP contribution in [0.3, 0.4) is 0 Å². The van der Waals surface area contributed by atoms with Crippen molar-refractivity contribution < 1.29 is 23.9 Å². The van der Waals surface area contributed by atoms with E-state index in [0.29, 0.717) is 43.3 Å². The summed E-state index contributed by atoms with van der Waals surface area (Å²) in [6.07, 6.45) is 1.61. The Morgan fingerprint density at radius 2 is 1.88 bits per heavy atom. The van der Waals surface area contributed by atoms with Crippen LogP contribution in [0.5, 0.6) is 5.75 Å². The molecule has 26 heavy (non-hydrogen) atoms. The van der Waals surface area contributed by atoms with Crippen LogP contribution in [0.4, 0.5) is 4.79 Å². The first-order valence-electron chi connectivity index (χ1n) is 8.66. The van der Waals surface area contributed by atoms with Crippen LogP contribution in [0.25, 0.3) is 0 Å². The second-order valence-electron chi connectivity index (χ2n) is 7.26. The van der Waals surface area contributed by atoms with Gasteiger partial charge < -0.3 is 19.7 Å². The van der Waals surface area contributed by atoms with E-state index in [1.54, 1.807) is 23.1 Å². The van der Waals surface area contributed by atoms with Gasteiger partial charge in [-0.3, -0.25) is 9.59 Å². The second kappa shape index (κ2) is 8.21. The molecule has 0 bridgehead atoms. The fourth-order valence-electron chi connectivity index (χ4n) is 2.85. The minimum atomic E-state index is -0.525. The Labute approximate surface area is 153 Å². The summed E-state index contributed by atoms with van der Waals surface area (Å²) in [4.78, 5) is 37.4. The predicted octanol–water partition coefficient (Wildman–Crippen LogP) is 2.64. The number of likely N-dealkylation sites (tertiary alicyclic amines) is 1. The average molecular weight is 362 g/mol. The topological polar surface area (TPSA) is 84.9 Å². The lowest BCUT2D eigenvalue weighted by molar-refractivity contribution is 0.0199. The molecule has 2 rings (SSSR count). The zero-order valence-corrected chi connectivity index (χ0v) is 15.7. The zero-order valence-electron chi connectivity index (χ0n) is 15.7. The van der Waals surface area contributed by atoms with Crippen LogP contribution in [0, 0.1) is 0 Å². The molecule has 0 saturated carbocycles. The van der Waals surface area contributed by atoms with E-state index in [2.05, 4.69) is 5.32 Å². The SMILES string of the molecule is COc1c(C=O)cccc1C(=O)NC1CCN(C(=O)OC(C)(C)C)CC1. The van der Waals surface area contributed by atoms with E-state index in [1.165, 1.54) is 7.11 Å². The maximum absolute atomic E-state index is 12.6. The third-order valence-electron chi connectivity index (χ3n) is 4.10. The summed E-state index contributed by atoms with van der Waals surface area (Å²) < 4.78 is 10.6. The van der Waals surface area contributed by atoms with Gasteiger partial charge in [0.2, 0.25) is 0 Å². The molecule has 142 valence electrons. The highest BCUT2D eigenvalue weighted by atomic mass is 16.6. The summed E-state index contributed by atoms with van der Waals surface area (Å²) in [5, 5.41) is 2.96. The number of carbonyl (C=O) groups excluding carboxylic acids is 3. The summed E-state index contributed by atoms with van der Waals surface area (Å²) in [6.45, 7) is 6.53. The first kappa shape index (κ1) is 19.8. The standard InChI is InChI=1S/C19H26N2O5/c1-19(2,3)26-18(24)21-10-8-14(9-11-21)20-17(23)15-7-5-6-13(12-22)16(15)25-4/h5-7,12,14H,8-11H2,1-4H3,(H,20,23). The van der Waals surface area contributed by atoms with E-state index in [4.69, 9.17) is 9.47 Å². The Morgan fingerprint density at radius 3 is 2.42 bits per heavy atom. The number of hydrogen-bond acceptors (Lipinski definition) is 5. The highest BCUT2D eigenvalue weighted by molar-refractivity contribution is 5.99. The summed E-state index contributed by atoms with van der Waals surface area (Å²) in [5.74, 6) is -0.0209. The Bertz CT molecular complexity index is 673. The van der Waals surface area contributed by atoms with Gasteiger partial charge in [0.05, 0.1) is 18.2 Å². The number of amides is 2. The predicted molar refractivity (Wildman–Crippen MR) is 96.7 cm³/mol. The Balaban J connectivity index is 1.95. The second-order valence-corrected chi connectivity index (χ2v) is 7.26. The highest BCUT2D eigenvalue weighted by Crippen LogP contribution is 2.23. The minimum Gasteiger partial charge on any atom is -0.495 e. The fourth-order valence-corrected chi connectivity index (χ4v) is 2.85. The number of hydrogen-bond donors (Lipinski definition) is 1. The van der Waals surface area contributed by atoms with Gasteiger partial charge in [0, 0.05) is 19.1 Å². The van der Waals surface area contributed by atoms with E-state index in [1.807, 2.05) is 20.8 Å². The molecule has 1 N–H and O–H groups in total. The average Bonchev–Trinajstić information content (AvgIpc) is 2.59. The van der Waals surface area contributed by atoms with Crippen LogP contribution in [0.15, 0.2) is 18.2 Å². The lowest BCUT2D eigenvalue weighted by atomic mass is 10.0. The molecule has 0 atom stereocenters. The summed E-state index contributed by atoms with van der Waals surface area (Å²) in [5.41, 5.74) is 0.133. The largest absolute Gasteiger partial charge is 0.495 e. The molecule has 1 aromatic rings. The molecule has 2 amide bonds. The van der Waals surface area contributed by atoms with Gasteiger partial charge in [-0.05, 0) is 45.7 Å². The quantitative estimate of drug-likeness (QED) is 0.833. The van der Waals surface area contributed by atoms with Crippen LogP contribution >= 0.6 is 0 Å². The lowest BCUT2D eigenvalue weighted by Gasteiger charge is -2.33. The van der Waals surface area contributed by atoms with Crippen LogP contribution in [0.2, 0.25) is 0 Å². The molecule has 1 aromatic carbocycles. The zero-order chi connectivity index (χ0) is 19.3. The molecule has 0 aromatic heterocycles. The fraction of sp³-hybridized carbons (Fsp3) is 0.526. The normalized spacial score (nSPS) is 15.3. The van der Waals surface area contributed by atoms with Gasteiger partial charge in [-0.1, -0.05) is 6.07 Å². The van der Waals surface area contributed by atoms with E-state index in [9.17, 15) is 14.4 Å². The maximum atomic E-state index is 12.6. The van der Waals surface area contributed by atoms with E-state index in [0.717, 1.165) is 0 Å². The number of piperidine rings is 1. The Morgan fingerprint density at radius 1 is 1.23 bits per heavy atom. The molecular formula is C19H26N2O5. The van der Waals surface area contributed by atoms with E-state index < -0.39 is 5.60 Å². The summed E-state index contributed by atoms with van der Waals surface area (Å²) >= 11 is 0. The van der Waals surface area contributed by atoms with Gasteiger partial charge in [-0.15, -0.1) is 0 Å². The summed E-state index contributed by atoms with van der Waals surface area (Å²) in [7, 11) is 1.43. The van der Waals surface area contributed by atoms with Crippen molar-refractivity contribution in [2.45, 2.75) is 45.3 Å². The smallest absolute Gasteiger partial charge is 0.410 e. The highest BCUT2D eigenvalue weighted by Gasteiger charge is 2.28.